The Kier molecular flexibility index (Phi) is 3.61. The van der Waals surface area contributed by atoms with Gasteiger partial charge in [-0.1, -0.05) is 45.0 Å². The van der Waals surface area contributed by atoms with Gasteiger partial charge < -0.3 is 4.74 Å². The summed E-state index contributed by atoms with van der Waals surface area (Å²) in [5.74, 6) is 1.07. The van der Waals surface area contributed by atoms with Gasteiger partial charge in [-0.15, -0.1) is 0 Å². The molecule has 0 spiro atoms. The molecule has 0 aliphatic heterocycles. The highest BCUT2D eigenvalue weighted by atomic mass is 16.5. The van der Waals surface area contributed by atoms with Gasteiger partial charge in [0.1, 0.15) is 11.5 Å². The van der Waals surface area contributed by atoms with E-state index in [0.29, 0.717) is 6.42 Å². The molecule has 19 heavy (non-hydrogen) atoms. The molecule has 0 aliphatic rings. The highest BCUT2D eigenvalue weighted by Crippen LogP contribution is 2.26. The predicted molar refractivity (Wildman–Crippen MR) is 78.7 cm³/mol. The molecule has 0 atom stereocenters. The molecule has 0 N–H and O–H groups in total. The summed E-state index contributed by atoms with van der Waals surface area (Å²) in [7, 11) is 1.66. The van der Waals surface area contributed by atoms with Crippen LogP contribution in [0.15, 0.2) is 36.4 Å². The molecule has 2 rings (SSSR count). The first-order valence-corrected chi connectivity index (χ1v) is 6.51. The van der Waals surface area contributed by atoms with E-state index >= 15 is 0 Å². The van der Waals surface area contributed by atoms with Crippen molar-refractivity contribution in [1.82, 2.24) is 0 Å². The third-order valence-electron chi connectivity index (χ3n) is 3.37. The van der Waals surface area contributed by atoms with Gasteiger partial charge in [-0.3, -0.25) is 4.79 Å². The fourth-order valence-electron chi connectivity index (χ4n) is 2.04. The molecule has 2 aromatic carbocycles. The summed E-state index contributed by atoms with van der Waals surface area (Å²) in [6.07, 6.45) is 0.466. The lowest BCUT2D eigenvalue weighted by Gasteiger charge is -2.17. The Hall–Kier alpha value is -1.83. The summed E-state index contributed by atoms with van der Waals surface area (Å²) in [6, 6.07) is 12.0. The molecule has 0 saturated carbocycles. The van der Waals surface area contributed by atoms with Crippen LogP contribution >= 0.6 is 0 Å². The van der Waals surface area contributed by atoms with E-state index in [1.807, 2.05) is 51.1 Å². The van der Waals surface area contributed by atoms with Crippen LogP contribution in [0, 0.1) is 5.41 Å². The van der Waals surface area contributed by atoms with Crippen LogP contribution in [0.2, 0.25) is 0 Å². The van der Waals surface area contributed by atoms with E-state index in [2.05, 4.69) is 6.07 Å². The van der Waals surface area contributed by atoms with Crippen molar-refractivity contribution in [2.24, 2.45) is 5.41 Å². The fourth-order valence-corrected chi connectivity index (χ4v) is 2.04. The quantitative estimate of drug-likeness (QED) is 0.829. The highest BCUT2D eigenvalue weighted by Gasteiger charge is 2.21. The number of carbonyl (C=O) groups is 1. The monoisotopic (exact) mass is 256 g/mol. The smallest absolute Gasteiger partial charge is 0.142 e. The van der Waals surface area contributed by atoms with E-state index in [4.69, 9.17) is 4.74 Å². The van der Waals surface area contributed by atoms with Crippen LogP contribution in [-0.2, 0) is 11.2 Å². The number of rotatable bonds is 3. The van der Waals surface area contributed by atoms with Crippen molar-refractivity contribution < 1.29 is 9.53 Å². The Morgan fingerprint density at radius 1 is 1.16 bits per heavy atom. The zero-order valence-electron chi connectivity index (χ0n) is 12.0. The molecular formula is C17H20O2. The number of carbonyl (C=O) groups excluding carboxylic acids is 1. The van der Waals surface area contributed by atoms with E-state index in [0.717, 1.165) is 22.1 Å². The topological polar surface area (TPSA) is 26.3 Å². The minimum Gasteiger partial charge on any atom is -0.497 e. The van der Waals surface area contributed by atoms with Crippen molar-refractivity contribution in [3.63, 3.8) is 0 Å². The van der Waals surface area contributed by atoms with E-state index in [1.165, 1.54) is 0 Å². The number of methoxy groups -OCH3 is 1. The summed E-state index contributed by atoms with van der Waals surface area (Å²) >= 11 is 0. The molecule has 0 saturated heterocycles. The van der Waals surface area contributed by atoms with E-state index < -0.39 is 0 Å². The second-order valence-corrected chi connectivity index (χ2v) is 5.85. The Labute approximate surface area is 114 Å². The van der Waals surface area contributed by atoms with Crippen molar-refractivity contribution in [1.29, 1.82) is 0 Å². The van der Waals surface area contributed by atoms with Gasteiger partial charge in [0.25, 0.3) is 0 Å². The standard InChI is InChI=1S/C17H20O2/c1-17(2,3)16(18)10-13-7-5-6-12-8-9-14(19-4)11-15(12)13/h5-9,11H,10H2,1-4H3. The highest BCUT2D eigenvalue weighted by molar-refractivity contribution is 5.93. The Bertz CT molecular complexity index is 606. The Balaban J connectivity index is 2.45. The summed E-state index contributed by atoms with van der Waals surface area (Å²) in [4.78, 5) is 12.2. The largest absolute Gasteiger partial charge is 0.497 e. The second-order valence-electron chi connectivity index (χ2n) is 5.85. The Morgan fingerprint density at radius 2 is 1.89 bits per heavy atom. The average molecular weight is 256 g/mol. The number of ketones is 1. The predicted octanol–water partition coefficient (Wildman–Crippen LogP) is 4.01. The summed E-state index contributed by atoms with van der Waals surface area (Å²) in [5.41, 5.74) is 0.762. The number of fused-ring (bicyclic) bond motifs is 1. The van der Waals surface area contributed by atoms with Crippen molar-refractivity contribution in [2.45, 2.75) is 27.2 Å². The maximum absolute atomic E-state index is 12.2. The van der Waals surface area contributed by atoms with Crippen LogP contribution < -0.4 is 4.74 Å². The first-order chi connectivity index (χ1) is 8.91. The van der Waals surface area contributed by atoms with Crippen LogP contribution in [0.4, 0.5) is 0 Å². The number of hydrogen-bond acceptors (Lipinski definition) is 2. The minimum atomic E-state index is -0.305. The van der Waals surface area contributed by atoms with Crippen molar-refractivity contribution >= 4 is 16.6 Å². The average Bonchev–Trinajstić information content (AvgIpc) is 2.37. The molecule has 100 valence electrons. The van der Waals surface area contributed by atoms with E-state index in [1.54, 1.807) is 7.11 Å². The number of hydrogen-bond donors (Lipinski definition) is 0. The minimum absolute atomic E-state index is 0.253. The molecule has 0 aliphatic carbocycles. The van der Waals surface area contributed by atoms with Gasteiger partial charge in [-0.2, -0.15) is 0 Å². The first-order valence-electron chi connectivity index (χ1n) is 6.51. The molecule has 0 unspecified atom stereocenters. The second kappa shape index (κ2) is 5.04. The van der Waals surface area contributed by atoms with Gasteiger partial charge in [-0.25, -0.2) is 0 Å². The van der Waals surface area contributed by atoms with Gasteiger partial charge in [0.15, 0.2) is 0 Å². The van der Waals surface area contributed by atoms with Crippen LogP contribution in [0.3, 0.4) is 0 Å². The van der Waals surface area contributed by atoms with Crippen LogP contribution in [0.1, 0.15) is 26.3 Å². The van der Waals surface area contributed by atoms with Gasteiger partial charge in [0.05, 0.1) is 7.11 Å². The SMILES string of the molecule is COc1ccc2cccc(CC(=O)C(C)(C)C)c2c1. The third-order valence-corrected chi connectivity index (χ3v) is 3.37. The van der Waals surface area contributed by atoms with Gasteiger partial charge in [0, 0.05) is 11.8 Å². The summed E-state index contributed by atoms with van der Waals surface area (Å²) in [6.45, 7) is 5.88. The van der Waals surface area contributed by atoms with Gasteiger partial charge in [0.2, 0.25) is 0 Å². The van der Waals surface area contributed by atoms with Crippen molar-refractivity contribution in [2.75, 3.05) is 7.11 Å². The zero-order chi connectivity index (χ0) is 14.0. The molecular weight excluding hydrogens is 236 g/mol. The zero-order valence-corrected chi connectivity index (χ0v) is 12.0. The molecule has 0 heterocycles. The summed E-state index contributed by atoms with van der Waals surface area (Å²) in [5, 5.41) is 2.24. The van der Waals surface area contributed by atoms with E-state index in [-0.39, 0.29) is 11.2 Å². The third kappa shape index (κ3) is 2.95. The van der Waals surface area contributed by atoms with Crippen molar-refractivity contribution in [3.05, 3.63) is 42.0 Å². The van der Waals surface area contributed by atoms with Crippen LogP contribution in [0.5, 0.6) is 5.75 Å². The molecule has 2 heteroatoms. The maximum atomic E-state index is 12.2. The van der Waals surface area contributed by atoms with E-state index in [9.17, 15) is 4.79 Å². The fraction of sp³-hybridized carbons (Fsp3) is 0.353. The molecule has 2 aromatic rings. The van der Waals surface area contributed by atoms with Crippen LogP contribution in [0.25, 0.3) is 10.8 Å². The molecule has 2 nitrogen and oxygen atoms in total. The van der Waals surface area contributed by atoms with Gasteiger partial charge in [-0.05, 0) is 28.5 Å². The van der Waals surface area contributed by atoms with Crippen molar-refractivity contribution in [3.8, 4) is 5.75 Å². The first kappa shape index (κ1) is 13.6. The number of benzene rings is 2. The molecule has 0 bridgehead atoms. The van der Waals surface area contributed by atoms with Gasteiger partial charge >= 0.3 is 0 Å². The lowest BCUT2D eigenvalue weighted by molar-refractivity contribution is -0.125. The lowest BCUT2D eigenvalue weighted by atomic mass is 9.86. The molecule has 0 amide bonds. The lowest BCUT2D eigenvalue weighted by Crippen LogP contribution is -2.22. The summed E-state index contributed by atoms with van der Waals surface area (Å²) < 4.78 is 5.26. The molecule has 0 radical (unpaired) electrons. The molecule has 0 fully saturated rings. The Morgan fingerprint density at radius 3 is 2.53 bits per heavy atom. The normalized spacial score (nSPS) is 11.6. The maximum Gasteiger partial charge on any atom is 0.142 e. The number of ether oxygens (including phenoxy) is 1. The van der Waals surface area contributed by atoms with Crippen LogP contribution in [-0.4, -0.2) is 12.9 Å². The number of Topliss-reactive ketones (excluding diaryl/α,β-unsaturated/α-hetero) is 1. The molecule has 0 aromatic heterocycles.